The highest BCUT2D eigenvalue weighted by atomic mass is 16.6. The fourth-order valence-corrected chi connectivity index (χ4v) is 2.64. The van der Waals surface area contributed by atoms with Crippen molar-refractivity contribution >= 4 is 18.2 Å². The molecular weight excluding hydrogens is 400 g/mol. The second kappa shape index (κ2) is 12.2. The lowest BCUT2D eigenvalue weighted by Gasteiger charge is -2.17. The number of benzene rings is 2. The Morgan fingerprint density at radius 2 is 1.52 bits per heavy atom. The molecule has 0 radical (unpaired) electrons. The summed E-state index contributed by atoms with van der Waals surface area (Å²) in [5.41, 5.74) is 1.58. The first kappa shape index (κ1) is 23.7. The highest BCUT2D eigenvalue weighted by molar-refractivity contribution is 5.81. The number of hydrogen-bond donors (Lipinski definition) is 2. The number of amides is 2. The van der Waals surface area contributed by atoms with Crippen LogP contribution in [0.3, 0.4) is 0 Å². The maximum atomic E-state index is 12.3. The SMILES string of the molecule is CCOC(=O)[C@H](Cc1ccc(OC(=O)NC(C)C)cc1)NC(=O)OCc1ccccc1. The average Bonchev–Trinajstić information content (AvgIpc) is 2.73. The van der Waals surface area contributed by atoms with Gasteiger partial charge in [-0.15, -0.1) is 0 Å². The van der Waals surface area contributed by atoms with Crippen molar-refractivity contribution in [3.63, 3.8) is 0 Å². The lowest BCUT2D eigenvalue weighted by Crippen LogP contribution is -2.43. The van der Waals surface area contributed by atoms with E-state index in [1.54, 1.807) is 31.2 Å². The van der Waals surface area contributed by atoms with Crippen molar-refractivity contribution in [3.05, 3.63) is 65.7 Å². The Morgan fingerprint density at radius 3 is 2.13 bits per heavy atom. The van der Waals surface area contributed by atoms with E-state index >= 15 is 0 Å². The van der Waals surface area contributed by atoms with Crippen molar-refractivity contribution in [1.29, 1.82) is 0 Å². The average molecular weight is 428 g/mol. The van der Waals surface area contributed by atoms with Gasteiger partial charge in [-0.3, -0.25) is 0 Å². The summed E-state index contributed by atoms with van der Waals surface area (Å²) in [6, 6.07) is 14.9. The van der Waals surface area contributed by atoms with Gasteiger partial charge in [-0.05, 0) is 44.0 Å². The Labute approximate surface area is 181 Å². The zero-order valence-corrected chi connectivity index (χ0v) is 17.9. The van der Waals surface area contributed by atoms with Gasteiger partial charge in [0.15, 0.2) is 0 Å². The second-order valence-electron chi connectivity index (χ2n) is 7.05. The van der Waals surface area contributed by atoms with E-state index in [4.69, 9.17) is 14.2 Å². The third kappa shape index (κ3) is 8.77. The van der Waals surface area contributed by atoms with Gasteiger partial charge in [-0.25, -0.2) is 14.4 Å². The molecule has 0 bridgehead atoms. The van der Waals surface area contributed by atoms with Crippen LogP contribution in [0.4, 0.5) is 9.59 Å². The quantitative estimate of drug-likeness (QED) is 0.592. The minimum absolute atomic E-state index is 0.0372. The smallest absolute Gasteiger partial charge is 0.412 e. The van der Waals surface area contributed by atoms with Crippen molar-refractivity contribution in [2.45, 2.75) is 45.9 Å². The van der Waals surface area contributed by atoms with Gasteiger partial charge >= 0.3 is 18.2 Å². The topological polar surface area (TPSA) is 103 Å². The molecule has 0 aliphatic rings. The molecule has 2 N–H and O–H groups in total. The van der Waals surface area contributed by atoms with Crippen LogP contribution in [0.2, 0.25) is 0 Å². The van der Waals surface area contributed by atoms with E-state index in [2.05, 4.69) is 10.6 Å². The second-order valence-corrected chi connectivity index (χ2v) is 7.05. The third-order valence-electron chi connectivity index (χ3n) is 4.06. The number of rotatable bonds is 9. The molecule has 1 atom stereocenters. The Kier molecular flexibility index (Phi) is 9.35. The van der Waals surface area contributed by atoms with Crippen LogP contribution < -0.4 is 15.4 Å². The normalized spacial score (nSPS) is 11.4. The summed E-state index contributed by atoms with van der Waals surface area (Å²) >= 11 is 0. The molecule has 0 unspecified atom stereocenters. The molecular formula is C23H28N2O6. The molecule has 0 aromatic heterocycles. The van der Waals surface area contributed by atoms with Gasteiger partial charge in [0, 0.05) is 12.5 Å². The molecule has 0 heterocycles. The highest BCUT2D eigenvalue weighted by Gasteiger charge is 2.23. The number of nitrogens with one attached hydrogen (secondary N) is 2. The fourth-order valence-electron chi connectivity index (χ4n) is 2.64. The summed E-state index contributed by atoms with van der Waals surface area (Å²) in [7, 11) is 0. The Bertz CT molecular complexity index is 852. The van der Waals surface area contributed by atoms with Gasteiger partial charge in [-0.1, -0.05) is 42.5 Å². The Hall–Kier alpha value is -3.55. The summed E-state index contributed by atoms with van der Waals surface area (Å²) in [5.74, 6) is -0.194. The molecule has 0 fully saturated rings. The molecule has 31 heavy (non-hydrogen) atoms. The van der Waals surface area contributed by atoms with Gasteiger partial charge < -0.3 is 24.8 Å². The molecule has 0 spiro atoms. The maximum absolute atomic E-state index is 12.3. The molecule has 8 nitrogen and oxygen atoms in total. The van der Waals surface area contributed by atoms with Gasteiger partial charge in [0.05, 0.1) is 6.61 Å². The number of carbonyl (C=O) groups excluding carboxylic acids is 3. The molecule has 0 aliphatic carbocycles. The lowest BCUT2D eigenvalue weighted by molar-refractivity contribution is -0.145. The van der Waals surface area contributed by atoms with Gasteiger partial charge in [0.1, 0.15) is 18.4 Å². The fraction of sp³-hybridized carbons (Fsp3) is 0.348. The summed E-state index contributed by atoms with van der Waals surface area (Å²) in [4.78, 5) is 36.2. The van der Waals surface area contributed by atoms with Gasteiger partial charge in [-0.2, -0.15) is 0 Å². The van der Waals surface area contributed by atoms with Crippen molar-refractivity contribution < 1.29 is 28.6 Å². The number of ether oxygens (including phenoxy) is 3. The number of hydrogen-bond acceptors (Lipinski definition) is 6. The number of alkyl carbamates (subject to hydrolysis) is 1. The standard InChI is InChI=1S/C23H28N2O6/c1-4-29-21(26)20(25-22(27)30-15-18-8-6-5-7-9-18)14-17-10-12-19(13-11-17)31-23(28)24-16(2)3/h5-13,16,20H,4,14-15H2,1-3H3,(H,24,28)(H,25,27)/t20-/m0/s1. The summed E-state index contributed by atoms with van der Waals surface area (Å²) < 4.78 is 15.4. The van der Waals surface area contributed by atoms with E-state index in [0.29, 0.717) is 5.75 Å². The van der Waals surface area contributed by atoms with E-state index in [-0.39, 0.29) is 25.7 Å². The van der Waals surface area contributed by atoms with E-state index in [1.807, 2.05) is 44.2 Å². The molecule has 2 amide bonds. The van der Waals surface area contributed by atoms with Crippen LogP contribution in [0.5, 0.6) is 5.75 Å². The predicted octanol–water partition coefficient (Wildman–Crippen LogP) is 3.58. The van der Waals surface area contributed by atoms with Crippen molar-refractivity contribution in [2.75, 3.05) is 6.61 Å². The molecule has 166 valence electrons. The Morgan fingerprint density at radius 1 is 0.839 bits per heavy atom. The highest BCUT2D eigenvalue weighted by Crippen LogP contribution is 2.14. The van der Waals surface area contributed by atoms with Crippen LogP contribution in [0, 0.1) is 0 Å². The summed E-state index contributed by atoms with van der Waals surface area (Å²) in [6.07, 6.45) is -1.07. The van der Waals surface area contributed by atoms with Crippen LogP contribution in [0.15, 0.2) is 54.6 Å². The minimum atomic E-state index is -0.917. The van der Waals surface area contributed by atoms with Gasteiger partial charge in [0.2, 0.25) is 0 Å². The van der Waals surface area contributed by atoms with Crippen LogP contribution in [-0.4, -0.2) is 36.8 Å². The Balaban J connectivity index is 1.95. The first-order valence-corrected chi connectivity index (χ1v) is 10.1. The zero-order chi connectivity index (χ0) is 22.6. The monoisotopic (exact) mass is 428 g/mol. The first-order chi connectivity index (χ1) is 14.9. The van der Waals surface area contributed by atoms with E-state index in [9.17, 15) is 14.4 Å². The molecule has 8 heteroatoms. The number of esters is 1. The summed E-state index contributed by atoms with van der Waals surface area (Å²) in [6.45, 7) is 5.63. The molecule has 0 saturated heterocycles. The van der Waals surface area contributed by atoms with E-state index in [0.717, 1.165) is 11.1 Å². The minimum Gasteiger partial charge on any atom is -0.464 e. The van der Waals surface area contributed by atoms with Crippen LogP contribution in [0.25, 0.3) is 0 Å². The van der Waals surface area contributed by atoms with Crippen LogP contribution in [-0.2, 0) is 27.3 Å². The van der Waals surface area contributed by atoms with Crippen molar-refractivity contribution in [3.8, 4) is 5.75 Å². The molecule has 2 rings (SSSR count). The molecule has 2 aromatic rings. The molecule has 0 saturated carbocycles. The molecule has 0 aliphatic heterocycles. The zero-order valence-electron chi connectivity index (χ0n) is 17.9. The lowest BCUT2D eigenvalue weighted by atomic mass is 10.1. The van der Waals surface area contributed by atoms with E-state index < -0.39 is 24.2 Å². The van der Waals surface area contributed by atoms with Gasteiger partial charge in [0.25, 0.3) is 0 Å². The summed E-state index contributed by atoms with van der Waals surface area (Å²) in [5, 5.41) is 5.19. The van der Waals surface area contributed by atoms with Crippen molar-refractivity contribution in [1.82, 2.24) is 10.6 Å². The molecule has 2 aromatic carbocycles. The van der Waals surface area contributed by atoms with E-state index in [1.165, 1.54) is 0 Å². The predicted molar refractivity (Wildman–Crippen MR) is 115 cm³/mol. The van der Waals surface area contributed by atoms with Crippen LogP contribution >= 0.6 is 0 Å². The third-order valence-corrected chi connectivity index (χ3v) is 4.06. The van der Waals surface area contributed by atoms with Crippen LogP contribution in [0.1, 0.15) is 31.9 Å². The maximum Gasteiger partial charge on any atom is 0.412 e. The first-order valence-electron chi connectivity index (χ1n) is 10.1. The largest absolute Gasteiger partial charge is 0.464 e. The number of carbonyl (C=O) groups is 3. The van der Waals surface area contributed by atoms with Crippen molar-refractivity contribution in [2.24, 2.45) is 0 Å².